The van der Waals surface area contributed by atoms with Crippen molar-refractivity contribution >= 4 is 46.2 Å². The van der Waals surface area contributed by atoms with Crippen molar-refractivity contribution in [3.05, 3.63) is 39.3 Å². The summed E-state index contributed by atoms with van der Waals surface area (Å²) in [6.07, 6.45) is 1.35. The summed E-state index contributed by atoms with van der Waals surface area (Å²) in [6.45, 7) is 0. The highest BCUT2D eigenvalue weighted by Gasteiger charge is 2.18. The summed E-state index contributed by atoms with van der Waals surface area (Å²) < 4.78 is 4.63. The van der Waals surface area contributed by atoms with Crippen molar-refractivity contribution in [2.75, 3.05) is 18.2 Å². The largest absolute Gasteiger partial charge is 0.465 e. The van der Waals surface area contributed by atoms with Crippen molar-refractivity contribution in [3.8, 4) is 0 Å². The summed E-state index contributed by atoms with van der Waals surface area (Å²) in [5, 5.41) is 4.28. The van der Waals surface area contributed by atoms with Crippen LogP contribution in [0.5, 0.6) is 0 Å². The maximum Gasteiger partial charge on any atom is 0.350 e. The van der Waals surface area contributed by atoms with Crippen LogP contribution in [0.1, 0.15) is 20.0 Å². The first kappa shape index (κ1) is 14.3. The number of carbonyl (C=O) groups is 2. The Bertz CT molecular complexity index is 672. The zero-order valence-corrected chi connectivity index (χ0v) is 11.9. The number of halogens is 1. The zero-order valence-electron chi connectivity index (χ0n) is 10.3. The number of thiophene rings is 1. The van der Waals surface area contributed by atoms with Gasteiger partial charge >= 0.3 is 5.97 Å². The van der Waals surface area contributed by atoms with Gasteiger partial charge in [-0.05, 0) is 17.5 Å². The number of methoxy groups -OCH3 is 1. The SMILES string of the molecule is COC(=O)c1sccc1NC(=O)c1cc(N)cnc1Cl. The van der Waals surface area contributed by atoms with Crippen LogP contribution in [0.3, 0.4) is 0 Å². The second-order valence-electron chi connectivity index (χ2n) is 3.72. The topological polar surface area (TPSA) is 94.3 Å². The van der Waals surface area contributed by atoms with Crippen molar-refractivity contribution in [2.45, 2.75) is 0 Å². The summed E-state index contributed by atoms with van der Waals surface area (Å²) in [6, 6.07) is 3.01. The normalized spacial score (nSPS) is 10.1. The Morgan fingerprint density at radius 3 is 2.95 bits per heavy atom. The average Bonchev–Trinajstić information content (AvgIpc) is 2.88. The fourth-order valence-electron chi connectivity index (χ4n) is 1.47. The molecule has 2 aromatic heterocycles. The number of aromatic nitrogens is 1. The van der Waals surface area contributed by atoms with E-state index in [0.717, 1.165) is 11.3 Å². The second kappa shape index (κ2) is 5.89. The molecular weight excluding hydrogens is 302 g/mol. The predicted octanol–water partition coefficient (Wildman–Crippen LogP) is 2.42. The summed E-state index contributed by atoms with van der Waals surface area (Å²) in [4.78, 5) is 27.7. The highest BCUT2D eigenvalue weighted by atomic mass is 35.5. The summed E-state index contributed by atoms with van der Waals surface area (Å²) in [7, 11) is 1.27. The predicted molar refractivity (Wildman–Crippen MR) is 77.3 cm³/mol. The second-order valence-corrected chi connectivity index (χ2v) is 4.99. The van der Waals surface area contributed by atoms with Crippen LogP contribution in [0.2, 0.25) is 5.15 Å². The average molecular weight is 312 g/mol. The lowest BCUT2D eigenvalue weighted by Crippen LogP contribution is -2.15. The Labute approximate surface area is 123 Å². The molecule has 6 nitrogen and oxygen atoms in total. The minimum Gasteiger partial charge on any atom is -0.465 e. The molecule has 0 aromatic carbocycles. The van der Waals surface area contributed by atoms with Crippen LogP contribution in [0.25, 0.3) is 0 Å². The van der Waals surface area contributed by atoms with E-state index in [1.54, 1.807) is 11.4 Å². The minimum atomic E-state index is -0.521. The Morgan fingerprint density at radius 1 is 1.50 bits per heavy atom. The molecule has 2 rings (SSSR count). The molecule has 0 spiro atoms. The van der Waals surface area contributed by atoms with E-state index in [0.29, 0.717) is 16.3 Å². The van der Waals surface area contributed by atoms with Gasteiger partial charge in [0.15, 0.2) is 0 Å². The number of carbonyl (C=O) groups excluding carboxylic acids is 2. The molecule has 0 aliphatic rings. The first-order valence-electron chi connectivity index (χ1n) is 5.41. The third-order valence-electron chi connectivity index (χ3n) is 2.39. The van der Waals surface area contributed by atoms with Crippen LogP contribution in [-0.2, 0) is 4.74 Å². The standard InChI is InChI=1S/C12H10ClN3O3S/c1-19-12(18)9-8(2-3-20-9)16-11(17)7-4-6(14)5-15-10(7)13/h2-5H,14H2,1H3,(H,16,17). The molecule has 0 saturated carbocycles. The zero-order chi connectivity index (χ0) is 14.7. The van der Waals surface area contributed by atoms with Gasteiger partial charge in [-0.15, -0.1) is 11.3 Å². The number of amides is 1. The number of hydrogen-bond acceptors (Lipinski definition) is 6. The number of nitrogens with two attached hydrogens (primary N) is 1. The molecule has 0 fully saturated rings. The lowest BCUT2D eigenvalue weighted by molar-refractivity contribution is 0.0607. The van der Waals surface area contributed by atoms with Crippen LogP contribution in [0.4, 0.5) is 11.4 Å². The molecule has 20 heavy (non-hydrogen) atoms. The van der Waals surface area contributed by atoms with Crippen molar-refractivity contribution in [3.63, 3.8) is 0 Å². The summed E-state index contributed by atoms with van der Waals surface area (Å²) in [5.41, 5.74) is 6.37. The minimum absolute atomic E-state index is 0.0338. The van der Waals surface area contributed by atoms with Crippen LogP contribution in [-0.4, -0.2) is 24.0 Å². The van der Waals surface area contributed by atoms with Gasteiger partial charge in [-0.2, -0.15) is 0 Å². The van der Waals surface area contributed by atoms with E-state index in [2.05, 4.69) is 15.0 Å². The molecule has 0 aliphatic carbocycles. The van der Waals surface area contributed by atoms with Gasteiger partial charge in [0.2, 0.25) is 0 Å². The van der Waals surface area contributed by atoms with Gasteiger partial charge < -0.3 is 15.8 Å². The van der Waals surface area contributed by atoms with Crippen LogP contribution >= 0.6 is 22.9 Å². The Morgan fingerprint density at radius 2 is 2.25 bits per heavy atom. The first-order valence-corrected chi connectivity index (χ1v) is 6.67. The smallest absolute Gasteiger partial charge is 0.350 e. The van der Waals surface area contributed by atoms with Crippen LogP contribution in [0, 0.1) is 0 Å². The molecule has 8 heteroatoms. The highest BCUT2D eigenvalue weighted by molar-refractivity contribution is 7.12. The molecule has 0 aliphatic heterocycles. The van der Waals surface area contributed by atoms with Gasteiger partial charge in [-0.25, -0.2) is 9.78 Å². The molecule has 0 unspecified atom stereocenters. The molecule has 0 radical (unpaired) electrons. The molecule has 104 valence electrons. The summed E-state index contributed by atoms with van der Waals surface area (Å²) >= 11 is 7.01. The Balaban J connectivity index is 2.26. The van der Waals surface area contributed by atoms with E-state index >= 15 is 0 Å². The molecule has 0 saturated heterocycles. The molecule has 3 N–H and O–H groups in total. The molecule has 2 heterocycles. The van der Waals surface area contributed by atoms with E-state index in [1.807, 2.05) is 0 Å². The molecule has 0 bridgehead atoms. The van der Waals surface area contributed by atoms with Crippen molar-refractivity contribution in [2.24, 2.45) is 0 Å². The maximum atomic E-state index is 12.1. The fourth-order valence-corrected chi connectivity index (χ4v) is 2.43. The van der Waals surface area contributed by atoms with Crippen LogP contribution < -0.4 is 11.1 Å². The number of nitrogens with zero attached hydrogens (tertiary/aromatic N) is 1. The van der Waals surface area contributed by atoms with Crippen molar-refractivity contribution in [1.82, 2.24) is 4.98 Å². The maximum absolute atomic E-state index is 12.1. The van der Waals surface area contributed by atoms with Gasteiger partial charge in [0.1, 0.15) is 10.0 Å². The third-order valence-corrected chi connectivity index (χ3v) is 3.58. The quantitative estimate of drug-likeness (QED) is 0.670. The van der Waals surface area contributed by atoms with Gasteiger partial charge in [-0.1, -0.05) is 11.6 Å². The van der Waals surface area contributed by atoms with Gasteiger partial charge in [0.05, 0.1) is 30.2 Å². The number of nitrogens with one attached hydrogen (secondary N) is 1. The molecule has 2 aromatic rings. The number of pyridine rings is 1. The van der Waals surface area contributed by atoms with Crippen LogP contribution in [0.15, 0.2) is 23.7 Å². The Hall–Kier alpha value is -2.12. The van der Waals surface area contributed by atoms with Crippen molar-refractivity contribution in [1.29, 1.82) is 0 Å². The lowest BCUT2D eigenvalue weighted by atomic mass is 10.2. The third kappa shape index (κ3) is 2.89. The van der Waals surface area contributed by atoms with E-state index in [1.165, 1.54) is 19.4 Å². The monoisotopic (exact) mass is 311 g/mol. The number of hydrogen-bond donors (Lipinski definition) is 2. The van der Waals surface area contributed by atoms with Gasteiger partial charge in [0, 0.05) is 0 Å². The molecule has 0 atom stereocenters. The lowest BCUT2D eigenvalue weighted by Gasteiger charge is -2.07. The number of ether oxygens (including phenoxy) is 1. The molecule has 1 amide bonds. The van der Waals surface area contributed by atoms with Gasteiger partial charge in [-0.3, -0.25) is 4.79 Å². The van der Waals surface area contributed by atoms with E-state index in [-0.39, 0.29) is 10.7 Å². The first-order chi connectivity index (χ1) is 9.52. The Kier molecular flexibility index (Phi) is 4.21. The molecular formula is C12H10ClN3O3S. The van der Waals surface area contributed by atoms with E-state index < -0.39 is 11.9 Å². The highest BCUT2D eigenvalue weighted by Crippen LogP contribution is 2.25. The number of rotatable bonds is 3. The summed E-state index contributed by atoms with van der Waals surface area (Å²) in [5.74, 6) is -1.02. The van der Waals surface area contributed by atoms with E-state index in [9.17, 15) is 9.59 Å². The van der Waals surface area contributed by atoms with Crippen molar-refractivity contribution < 1.29 is 14.3 Å². The number of esters is 1. The number of anilines is 2. The fraction of sp³-hybridized carbons (Fsp3) is 0.0833. The number of nitrogen functional groups attached to an aromatic ring is 1. The van der Waals surface area contributed by atoms with Gasteiger partial charge in [0.25, 0.3) is 5.91 Å². The van der Waals surface area contributed by atoms with E-state index in [4.69, 9.17) is 17.3 Å².